The lowest BCUT2D eigenvalue weighted by molar-refractivity contribution is -0.124. The summed E-state index contributed by atoms with van der Waals surface area (Å²) >= 11 is 1.51. The van der Waals surface area contributed by atoms with Gasteiger partial charge in [0.25, 0.3) is 5.91 Å². The standard InChI is InChI=1S/C17H21NO3S/c1-12-5-4-6-13(2)16(12)21-9-15(19)18-11-17(3,20)14-7-8-22-10-14/h4-8,10,20H,9,11H2,1-3H3,(H,18,19). The highest BCUT2D eigenvalue weighted by Gasteiger charge is 2.24. The maximum atomic E-state index is 11.9. The molecule has 2 N–H and O–H groups in total. The lowest BCUT2D eigenvalue weighted by Crippen LogP contribution is -2.40. The van der Waals surface area contributed by atoms with E-state index in [0.717, 1.165) is 22.4 Å². The van der Waals surface area contributed by atoms with Crippen LogP contribution in [0, 0.1) is 13.8 Å². The first-order valence-corrected chi connectivity index (χ1v) is 8.05. The predicted octanol–water partition coefficient (Wildman–Crippen LogP) is 2.77. The third kappa shape index (κ3) is 4.08. The highest BCUT2D eigenvalue weighted by Crippen LogP contribution is 2.23. The lowest BCUT2D eigenvalue weighted by Gasteiger charge is -2.23. The number of amides is 1. The Morgan fingerprint density at radius 2 is 2.00 bits per heavy atom. The van der Waals surface area contributed by atoms with Crippen LogP contribution < -0.4 is 10.1 Å². The Balaban J connectivity index is 1.86. The average molecular weight is 319 g/mol. The van der Waals surface area contributed by atoms with Gasteiger partial charge in [-0.2, -0.15) is 11.3 Å². The van der Waals surface area contributed by atoms with Crippen LogP contribution in [0.2, 0.25) is 0 Å². The molecule has 0 fully saturated rings. The molecule has 1 aromatic carbocycles. The van der Waals surface area contributed by atoms with Gasteiger partial charge in [0.1, 0.15) is 11.4 Å². The van der Waals surface area contributed by atoms with E-state index in [1.165, 1.54) is 11.3 Å². The fourth-order valence-electron chi connectivity index (χ4n) is 2.16. The minimum absolute atomic E-state index is 0.0641. The molecule has 0 radical (unpaired) electrons. The molecule has 0 saturated heterocycles. The van der Waals surface area contributed by atoms with Crippen molar-refractivity contribution in [3.8, 4) is 5.75 Å². The molecule has 1 aromatic heterocycles. The molecule has 1 atom stereocenters. The third-order valence-electron chi connectivity index (χ3n) is 3.53. The first-order valence-electron chi connectivity index (χ1n) is 7.11. The van der Waals surface area contributed by atoms with Crippen LogP contribution in [0.5, 0.6) is 5.75 Å². The fourth-order valence-corrected chi connectivity index (χ4v) is 2.94. The molecule has 0 aliphatic carbocycles. The van der Waals surface area contributed by atoms with Crippen LogP contribution in [0.1, 0.15) is 23.6 Å². The number of benzene rings is 1. The van der Waals surface area contributed by atoms with Crippen molar-refractivity contribution in [2.45, 2.75) is 26.4 Å². The van der Waals surface area contributed by atoms with Gasteiger partial charge in [-0.25, -0.2) is 0 Å². The number of hydrogen-bond acceptors (Lipinski definition) is 4. The zero-order valence-electron chi connectivity index (χ0n) is 13.1. The molecule has 5 heteroatoms. The molecule has 0 spiro atoms. The monoisotopic (exact) mass is 319 g/mol. The van der Waals surface area contributed by atoms with Crippen LogP contribution in [-0.4, -0.2) is 24.2 Å². The van der Waals surface area contributed by atoms with Crippen molar-refractivity contribution < 1.29 is 14.6 Å². The zero-order valence-corrected chi connectivity index (χ0v) is 13.9. The van der Waals surface area contributed by atoms with E-state index in [9.17, 15) is 9.90 Å². The van der Waals surface area contributed by atoms with Crippen LogP contribution in [0.15, 0.2) is 35.0 Å². The molecule has 0 saturated carbocycles. The van der Waals surface area contributed by atoms with Crippen molar-refractivity contribution in [2.24, 2.45) is 0 Å². The number of rotatable bonds is 6. The number of ether oxygens (including phenoxy) is 1. The summed E-state index contributed by atoms with van der Waals surface area (Å²) in [7, 11) is 0. The number of para-hydroxylation sites is 1. The van der Waals surface area contributed by atoms with Crippen LogP contribution in [0.4, 0.5) is 0 Å². The summed E-state index contributed by atoms with van der Waals surface area (Å²) in [6, 6.07) is 7.70. The van der Waals surface area contributed by atoms with Crippen molar-refractivity contribution >= 4 is 17.2 Å². The quantitative estimate of drug-likeness (QED) is 0.861. The van der Waals surface area contributed by atoms with Gasteiger partial charge >= 0.3 is 0 Å². The Labute approximate surface area is 134 Å². The summed E-state index contributed by atoms with van der Waals surface area (Å²) in [4.78, 5) is 11.9. The fraction of sp³-hybridized carbons (Fsp3) is 0.353. The number of aliphatic hydroxyl groups is 1. The molecule has 1 amide bonds. The summed E-state index contributed by atoms with van der Waals surface area (Å²) in [6.07, 6.45) is 0. The average Bonchev–Trinajstić information content (AvgIpc) is 3.00. The molecular weight excluding hydrogens is 298 g/mol. The second-order valence-corrected chi connectivity index (χ2v) is 6.35. The lowest BCUT2D eigenvalue weighted by atomic mass is 9.99. The van der Waals surface area contributed by atoms with Crippen LogP contribution in [-0.2, 0) is 10.4 Å². The van der Waals surface area contributed by atoms with E-state index in [1.54, 1.807) is 6.92 Å². The van der Waals surface area contributed by atoms with Crippen molar-refractivity contribution in [2.75, 3.05) is 13.2 Å². The highest BCUT2D eigenvalue weighted by molar-refractivity contribution is 7.08. The summed E-state index contributed by atoms with van der Waals surface area (Å²) < 4.78 is 5.59. The zero-order chi connectivity index (χ0) is 16.2. The van der Waals surface area contributed by atoms with Crippen molar-refractivity contribution in [3.05, 3.63) is 51.7 Å². The molecule has 1 unspecified atom stereocenters. The second-order valence-electron chi connectivity index (χ2n) is 5.57. The summed E-state index contributed by atoms with van der Waals surface area (Å²) in [5.74, 6) is 0.486. The van der Waals surface area contributed by atoms with Gasteiger partial charge in [0.15, 0.2) is 6.61 Å². The Morgan fingerprint density at radius 1 is 1.32 bits per heavy atom. The Bertz CT molecular complexity index is 615. The minimum Gasteiger partial charge on any atom is -0.483 e. The number of carbonyl (C=O) groups is 1. The van der Waals surface area contributed by atoms with E-state index < -0.39 is 5.60 Å². The smallest absolute Gasteiger partial charge is 0.258 e. The van der Waals surface area contributed by atoms with Crippen molar-refractivity contribution in [1.82, 2.24) is 5.32 Å². The number of thiophene rings is 1. The van der Waals surface area contributed by atoms with Gasteiger partial charge in [-0.3, -0.25) is 4.79 Å². The van der Waals surface area contributed by atoms with Gasteiger partial charge in [-0.05, 0) is 54.3 Å². The Hall–Kier alpha value is -1.85. The SMILES string of the molecule is Cc1cccc(C)c1OCC(=O)NCC(C)(O)c1ccsc1. The summed E-state index contributed by atoms with van der Waals surface area (Å²) in [5.41, 5.74) is 1.72. The van der Waals surface area contributed by atoms with E-state index in [2.05, 4.69) is 5.32 Å². The van der Waals surface area contributed by atoms with Gasteiger partial charge in [0, 0.05) is 0 Å². The predicted molar refractivity (Wildman–Crippen MR) is 88.3 cm³/mol. The first kappa shape index (κ1) is 16.5. The Morgan fingerprint density at radius 3 is 2.59 bits per heavy atom. The molecule has 22 heavy (non-hydrogen) atoms. The molecule has 4 nitrogen and oxygen atoms in total. The maximum absolute atomic E-state index is 11.9. The first-order chi connectivity index (χ1) is 10.4. The number of nitrogens with one attached hydrogen (secondary N) is 1. The van der Waals surface area contributed by atoms with Gasteiger partial charge in [0.05, 0.1) is 6.54 Å². The van der Waals surface area contributed by atoms with Gasteiger partial charge in [-0.15, -0.1) is 0 Å². The van der Waals surface area contributed by atoms with Crippen LogP contribution >= 0.6 is 11.3 Å². The van der Waals surface area contributed by atoms with E-state index >= 15 is 0 Å². The maximum Gasteiger partial charge on any atom is 0.258 e. The topological polar surface area (TPSA) is 58.6 Å². The van der Waals surface area contributed by atoms with E-state index in [-0.39, 0.29) is 19.1 Å². The van der Waals surface area contributed by atoms with Gasteiger partial charge < -0.3 is 15.2 Å². The molecule has 0 bridgehead atoms. The summed E-state index contributed by atoms with van der Waals surface area (Å²) in [5, 5.41) is 16.8. The minimum atomic E-state index is -1.08. The van der Waals surface area contributed by atoms with Gasteiger partial charge in [-0.1, -0.05) is 18.2 Å². The summed E-state index contributed by atoms with van der Waals surface area (Å²) in [6.45, 7) is 5.66. The third-order valence-corrected chi connectivity index (χ3v) is 4.21. The number of aryl methyl sites for hydroxylation is 2. The van der Waals surface area contributed by atoms with Gasteiger partial charge in [0.2, 0.25) is 0 Å². The van der Waals surface area contributed by atoms with Crippen molar-refractivity contribution in [1.29, 1.82) is 0 Å². The normalized spacial score (nSPS) is 13.5. The van der Waals surface area contributed by atoms with E-state index in [0.29, 0.717) is 0 Å². The molecule has 118 valence electrons. The number of hydrogen-bond donors (Lipinski definition) is 2. The molecular formula is C17H21NO3S. The highest BCUT2D eigenvalue weighted by atomic mass is 32.1. The Kier molecular flexibility index (Phi) is 5.21. The van der Waals surface area contributed by atoms with Crippen LogP contribution in [0.3, 0.4) is 0 Å². The van der Waals surface area contributed by atoms with E-state index in [4.69, 9.17) is 4.74 Å². The van der Waals surface area contributed by atoms with Crippen LogP contribution in [0.25, 0.3) is 0 Å². The number of carbonyl (C=O) groups excluding carboxylic acids is 1. The largest absolute Gasteiger partial charge is 0.483 e. The van der Waals surface area contributed by atoms with Crippen molar-refractivity contribution in [3.63, 3.8) is 0 Å². The molecule has 1 heterocycles. The second kappa shape index (κ2) is 6.94. The molecule has 0 aliphatic heterocycles. The molecule has 0 aliphatic rings. The molecule has 2 aromatic rings. The van der Waals surface area contributed by atoms with E-state index in [1.807, 2.05) is 48.9 Å². The molecule has 2 rings (SSSR count).